The van der Waals surface area contributed by atoms with Gasteiger partial charge in [0.25, 0.3) is 0 Å². The van der Waals surface area contributed by atoms with Crippen LogP contribution >= 0.6 is 27.3 Å². The van der Waals surface area contributed by atoms with Crippen LogP contribution in [0.1, 0.15) is 38.3 Å². The molecule has 1 aromatic heterocycles. The number of nitrogens with zero attached hydrogens (tertiary/aromatic N) is 1. The fourth-order valence-electron chi connectivity index (χ4n) is 3.88. The highest BCUT2D eigenvalue weighted by molar-refractivity contribution is 9.10. The van der Waals surface area contributed by atoms with Crippen LogP contribution in [0.25, 0.3) is 0 Å². The lowest BCUT2D eigenvalue weighted by molar-refractivity contribution is -0.136. The molecule has 0 fully saturated rings. The van der Waals surface area contributed by atoms with E-state index in [9.17, 15) is 18.8 Å². The molecule has 3 aromatic rings. The highest BCUT2D eigenvalue weighted by atomic mass is 79.9. The van der Waals surface area contributed by atoms with Crippen molar-refractivity contribution in [1.82, 2.24) is 5.43 Å². The van der Waals surface area contributed by atoms with Crippen LogP contribution in [0.5, 0.6) is 11.5 Å². The third-order valence-electron chi connectivity index (χ3n) is 5.67. The van der Waals surface area contributed by atoms with Crippen LogP contribution in [0, 0.1) is 5.82 Å². The Kier molecular flexibility index (Phi) is 8.74. The number of benzene rings is 2. The number of ether oxygens (including phenoxy) is 3. The van der Waals surface area contributed by atoms with Crippen LogP contribution in [0.3, 0.4) is 0 Å². The smallest absolute Gasteiger partial charge is 0.341 e. The number of hydrazone groups is 1. The summed E-state index contributed by atoms with van der Waals surface area (Å²) in [6.45, 7) is 0.193. The SMILES string of the molecule is COC(=O)c1c(NC(=O)C(=O)NN=Cc2cc(Br)c(OCc3ccc(F)cc3)c(OC)c2)sc2c1CCC2. The summed E-state index contributed by atoms with van der Waals surface area (Å²) >= 11 is 4.70. The van der Waals surface area contributed by atoms with Crippen LogP contribution in [0.4, 0.5) is 9.39 Å². The van der Waals surface area contributed by atoms with Gasteiger partial charge in [0.1, 0.15) is 17.4 Å². The number of methoxy groups -OCH3 is 2. The van der Waals surface area contributed by atoms with Crippen molar-refractivity contribution in [2.24, 2.45) is 5.10 Å². The Hall–Kier alpha value is -3.77. The first kappa shape index (κ1) is 27.3. The molecule has 1 aliphatic carbocycles. The molecule has 9 nitrogen and oxygen atoms in total. The maximum absolute atomic E-state index is 13.1. The van der Waals surface area contributed by atoms with Crippen LogP contribution in [-0.2, 0) is 33.8 Å². The molecule has 2 aromatic carbocycles. The highest BCUT2D eigenvalue weighted by Crippen LogP contribution is 2.39. The number of esters is 1. The number of carbonyl (C=O) groups excluding carboxylic acids is 3. The Labute approximate surface area is 230 Å². The molecule has 0 radical (unpaired) electrons. The normalized spacial score (nSPS) is 12.2. The quantitative estimate of drug-likeness (QED) is 0.168. The zero-order valence-electron chi connectivity index (χ0n) is 20.4. The van der Waals surface area contributed by atoms with E-state index in [1.165, 1.54) is 43.9 Å². The number of hydrogen-bond donors (Lipinski definition) is 2. The molecule has 0 bridgehead atoms. The summed E-state index contributed by atoms with van der Waals surface area (Å²) in [6, 6.07) is 9.27. The molecule has 0 unspecified atom stereocenters. The van der Waals surface area contributed by atoms with E-state index >= 15 is 0 Å². The molecule has 2 amide bonds. The van der Waals surface area contributed by atoms with Crippen molar-refractivity contribution in [2.75, 3.05) is 19.5 Å². The largest absolute Gasteiger partial charge is 0.493 e. The molecule has 0 atom stereocenters. The predicted molar refractivity (Wildman–Crippen MR) is 143 cm³/mol. The van der Waals surface area contributed by atoms with Gasteiger partial charge < -0.3 is 19.5 Å². The van der Waals surface area contributed by atoms with Crippen LogP contribution in [0.15, 0.2) is 46.0 Å². The Balaban J connectivity index is 1.39. The van der Waals surface area contributed by atoms with Gasteiger partial charge in [-0.1, -0.05) is 12.1 Å². The second kappa shape index (κ2) is 12.2. The Morgan fingerprint density at radius 3 is 2.61 bits per heavy atom. The van der Waals surface area contributed by atoms with Gasteiger partial charge >= 0.3 is 17.8 Å². The first-order valence-electron chi connectivity index (χ1n) is 11.4. The number of thiophene rings is 1. The van der Waals surface area contributed by atoms with E-state index in [2.05, 4.69) is 31.8 Å². The molecule has 1 heterocycles. The first-order valence-corrected chi connectivity index (χ1v) is 13.0. The molecule has 4 rings (SSSR count). The van der Waals surface area contributed by atoms with Crippen molar-refractivity contribution in [3.63, 3.8) is 0 Å². The van der Waals surface area contributed by atoms with Gasteiger partial charge in [-0.3, -0.25) is 9.59 Å². The Bertz CT molecular complexity index is 1410. The average molecular weight is 604 g/mol. The molecule has 38 heavy (non-hydrogen) atoms. The number of anilines is 1. The molecule has 0 aliphatic heterocycles. The number of fused-ring (bicyclic) bond motifs is 1. The van der Waals surface area contributed by atoms with Gasteiger partial charge in [0.05, 0.1) is 30.5 Å². The van der Waals surface area contributed by atoms with Gasteiger partial charge in [-0.15, -0.1) is 11.3 Å². The monoisotopic (exact) mass is 603 g/mol. The van der Waals surface area contributed by atoms with Gasteiger partial charge in [0, 0.05) is 4.88 Å². The number of carbonyl (C=O) groups is 3. The lowest BCUT2D eigenvalue weighted by Gasteiger charge is -2.13. The summed E-state index contributed by atoms with van der Waals surface area (Å²) in [6.07, 6.45) is 3.79. The highest BCUT2D eigenvalue weighted by Gasteiger charge is 2.29. The number of aryl methyl sites for hydroxylation is 1. The first-order chi connectivity index (χ1) is 18.3. The molecule has 0 saturated carbocycles. The molecule has 1 aliphatic rings. The number of hydrogen-bond acceptors (Lipinski definition) is 8. The second-order valence-electron chi connectivity index (χ2n) is 8.16. The Morgan fingerprint density at radius 2 is 1.89 bits per heavy atom. The lowest BCUT2D eigenvalue weighted by atomic mass is 10.1. The topological polar surface area (TPSA) is 115 Å². The van der Waals surface area contributed by atoms with E-state index in [1.54, 1.807) is 24.3 Å². The summed E-state index contributed by atoms with van der Waals surface area (Å²) in [5.74, 6) is -2.02. The molecule has 2 N–H and O–H groups in total. The summed E-state index contributed by atoms with van der Waals surface area (Å²) < 4.78 is 29.8. The summed E-state index contributed by atoms with van der Waals surface area (Å²) in [5, 5.41) is 6.63. The van der Waals surface area contributed by atoms with Gasteiger partial charge in [-0.05, 0) is 76.1 Å². The zero-order chi connectivity index (χ0) is 27.2. The van der Waals surface area contributed by atoms with E-state index in [0.717, 1.165) is 35.3 Å². The van der Waals surface area contributed by atoms with Crippen molar-refractivity contribution in [3.05, 3.63) is 73.8 Å². The lowest BCUT2D eigenvalue weighted by Crippen LogP contribution is -2.32. The van der Waals surface area contributed by atoms with Crippen molar-refractivity contribution >= 4 is 56.3 Å². The number of amides is 2. The van der Waals surface area contributed by atoms with Crippen molar-refractivity contribution < 1.29 is 33.0 Å². The summed E-state index contributed by atoms with van der Waals surface area (Å²) in [5.41, 5.74) is 4.66. The van der Waals surface area contributed by atoms with E-state index in [1.807, 2.05) is 0 Å². The summed E-state index contributed by atoms with van der Waals surface area (Å²) in [4.78, 5) is 38.0. The predicted octanol–water partition coefficient (Wildman–Crippen LogP) is 4.60. The summed E-state index contributed by atoms with van der Waals surface area (Å²) in [7, 11) is 2.74. The number of rotatable bonds is 8. The Morgan fingerprint density at radius 1 is 1.13 bits per heavy atom. The number of halogens is 2. The standard InChI is InChI=1S/C26H23BrFN3O6S/c1-35-19-11-15(10-18(27)22(19)37-13-14-6-8-16(28)9-7-14)12-29-31-24(33)23(32)30-25-21(26(34)36-2)17-4-3-5-20(17)38-25/h6-12H,3-5,13H2,1-2H3,(H,30,32)(H,31,33). The number of nitrogens with one attached hydrogen (secondary N) is 2. The van der Waals surface area contributed by atoms with E-state index in [-0.39, 0.29) is 17.4 Å². The van der Waals surface area contributed by atoms with Crippen molar-refractivity contribution in [3.8, 4) is 11.5 Å². The van der Waals surface area contributed by atoms with Gasteiger partial charge in [-0.2, -0.15) is 5.10 Å². The van der Waals surface area contributed by atoms with Crippen LogP contribution < -0.4 is 20.2 Å². The third kappa shape index (κ3) is 6.20. The molecule has 0 spiro atoms. The maximum Gasteiger partial charge on any atom is 0.341 e. The minimum Gasteiger partial charge on any atom is -0.493 e. The van der Waals surface area contributed by atoms with Crippen LogP contribution in [-0.4, -0.2) is 38.2 Å². The van der Waals surface area contributed by atoms with Crippen LogP contribution in [0.2, 0.25) is 0 Å². The van der Waals surface area contributed by atoms with Crippen molar-refractivity contribution in [2.45, 2.75) is 25.9 Å². The molecule has 198 valence electrons. The fourth-order valence-corrected chi connectivity index (χ4v) is 5.72. The molecule has 12 heteroatoms. The molecular weight excluding hydrogens is 581 g/mol. The van der Waals surface area contributed by atoms with E-state index < -0.39 is 17.8 Å². The molecule has 0 saturated heterocycles. The van der Waals surface area contributed by atoms with E-state index in [4.69, 9.17) is 14.2 Å². The average Bonchev–Trinajstić information content (AvgIpc) is 3.49. The van der Waals surface area contributed by atoms with Gasteiger partial charge in [0.15, 0.2) is 11.5 Å². The fraction of sp³-hybridized carbons (Fsp3) is 0.231. The minimum atomic E-state index is -1.00. The zero-order valence-corrected chi connectivity index (χ0v) is 22.8. The second-order valence-corrected chi connectivity index (χ2v) is 10.1. The van der Waals surface area contributed by atoms with Crippen molar-refractivity contribution in [1.29, 1.82) is 0 Å². The van der Waals surface area contributed by atoms with E-state index in [0.29, 0.717) is 27.1 Å². The van der Waals surface area contributed by atoms with Gasteiger partial charge in [-0.25, -0.2) is 14.6 Å². The third-order valence-corrected chi connectivity index (χ3v) is 7.47. The molecular formula is C26H23BrFN3O6S. The maximum atomic E-state index is 13.1. The minimum absolute atomic E-state index is 0.193. The van der Waals surface area contributed by atoms with Gasteiger partial charge in [0.2, 0.25) is 0 Å².